The Bertz CT molecular complexity index is 693. The summed E-state index contributed by atoms with van der Waals surface area (Å²) < 4.78 is 0. The van der Waals surface area contributed by atoms with Gasteiger partial charge in [0.2, 0.25) is 0 Å². The maximum atomic E-state index is 12.7. The molecule has 0 saturated heterocycles. The molecule has 2 heterocycles. The molecule has 1 amide bonds. The van der Waals surface area contributed by atoms with E-state index in [1.54, 1.807) is 0 Å². The summed E-state index contributed by atoms with van der Waals surface area (Å²) in [7, 11) is 0. The molecule has 3 heteroatoms. The van der Waals surface area contributed by atoms with Crippen LogP contribution < -0.4 is 10.2 Å². The SMILES string of the molecule is O=C(c1ccc2c(c1)NCC2)N1CCc2ccccc21. The Labute approximate surface area is 118 Å². The first-order valence-electron chi connectivity index (χ1n) is 7.09. The number of fused-ring (bicyclic) bond motifs is 2. The smallest absolute Gasteiger partial charge is 0.258 e. The fourth-order valence-electron chi connectivity index (χ4n) is 3.13. The Morgan fingerprint density at radius 1 is 1.05 bits per heavy atom. The normalized spacial score (nSPS) is 15.7. The van der Waals surface area contributed by atoms with Crippen molar-refractivity contribution in [2.24, 2.45) is 0 Å². The number of rotatable bonds is 1. The molecule has 0 aliphatic carbocycles. The van der Waals surface area contributed by atoms with Crippen molar-refractivity contribution in [3.63, 3.8) is 0 Å². The first-order valence-corrected chi connectivity index (χ1v) is 7.09. The van der Waals surface area contributed by atoms with Crippen LogP contribution in [-0.2, 0) is 12.8 Å². The third-order valence-electron chi connectivity index (χ3n) is 4.20. The molecule has 0 fully saturated rings. The van der Waals surface area contributed by atoms with E-state index in [-0.39, 0.29) is 5.91 Å². The molecule has 0 unspecified atom stereocenters. The van der Waals surface area contributed by atoms with Crippen LogP contribution in [0.5, 0.6) is 0 Å². The van der Waals surface area contributed by atoms with Gasteiger partial charge in [-0.2, -0.15) is 0 Å². The van der Waals surface area contributed by atoms with Gasteiger partial charge in [-0.15, -0.1) is 0 Å². The van der Waals surface area contributed by atoms with Gasteiger partial charge in [0, 0.05) is 30.0 Å². The van der Waals surface area contributed by atoms with Crippen molar-refractivity contribution >= 4 is 17.3 Å². The summed E-state index contributed by atoms with van der Waals surface area (Å²) in [5.74, 6) is 0.103. The first-order chi connectivity index (χ1) is 9.83. The zero-order valence-corrected chi connectivity index (χ0v) is 11.2. The van der Waals surface area contributed by atoms with Crippen molar-refractivity contribution in [2.45, 2.75) is 12.8 Å². The Balaban J connectivity index is 1.68. The number of carbonyl (C=O) groups excluding carboxylic acids is 1. The standard InChI is InChI=1S/C17H16N2O/c20-17(14-6-5-12-7-9-18-15(12)11-14)19-10-8-13-3-1-2-4-16(13)19/h1-6,11,18H,7-10H2. The number of nitrogens with zero attached hydrogens (tertiary/aromatic N) is 1. The van der Waals surface area contributed by atoms with Gasteiger partial charge in [0.1, 0.15) is 0 Å². The lowest BCUT2D eigenvalue weighted by atomic mass is 10.1. The van der Waals surface area contributed by atoms with Crippen LogP contribution in [0.1, 0.15) is 21.5 Å². The molecule has 0 bridgehead atoms. The van der Waals surface area contributed by atoms with E-state index in [0.717, 1.165) is 42.9 Å². The minimum atomic E-state index is 0.103. The molecule has 1 N–H and O–H groups in total. The molecule has 2 aliphatic heterocycles. The van der Waals surface area contributed by atoms with E-state index in [0.29, 0.717) is 0 Å². The predicted octanol–water partition coefficient (Wildman–Crippen LogP) is 2.86. The molecular weight excluding hydrogens is 248 g/mol. The molecule has 0 atom stereocenters. The summed E-state index contributed by atoms with van der Waals surface area (Å²) in [5, 5.41) is 3.33. The van der Waals surface area contributed by atoms with Gasteiger partial charge in [0.05, 0.1) is 0 Å². The van der Waals surface area contributed by atoms with Gasteiger partial charge in [0.25, 0.3) is 5.91 Å². The lowest BCUT2D eigenvalue weighted by molar-refractivity contribution is 0.0989. The second kappa shape index (κ2) is 4.37. The second-order valence-electron chi connectivity index (χ2n) is 5.38. The highest BCUT2D eigenvalue weighted by Crippen LogP contribution is 2.30. The first kappa shape index (κ1) is 11.5. The van der Waals surface area contributed by atoms with Crippen LogP contribution in [0.4, 0.5) is 11.4 Å². The maximum Gasteiger partial charge on any atom is 0.258 e. The number of para-hydroxylation sites is 1. The molecule has 0 aromatic heterocycles. The molecule has 0 spiro atoms. The van der Waals surface area contributed by atoms with Gasteiger partial charge in [0.15, 0.2) is 0 Å². The van der Waals surface area contributed by atoms with Crippen molar-refractivity contribution < 1.29 is 4.79 Å². The van der Waals surface area contributed by atoms with Crippen molar-refractivity contribution in [1.29, 1.82) is 0 Å². The molecule has 0 saturated carbocycles. The molecule has 100 valence electrons. The van der Waals surface area contributed by atoms with E-state index < -0.39 is 0 Å². The second-order valence-corrected chi connectivity index (χ2v) is 5.38. The molecular formula is C17H16N2O. The van der Waals surface area contributed by atoms with Crippen molar-refractivity contribution in [1.82, 2.24) is 0 Å². The molecule has 3 nitrogen and oxygen atoms in total. The van der Waals surface area contributed by atoms with Crippen molar-refractivity contribution in [3.05, 3.63) is 59.2 Å². The number of carbonyl (C=O) groups is 1. The summed E-state index contributed by atoms with van der Waals surface area (Å²) in [6, 6.07) is 14.2. The zero-order valence-electron chi connectivity index (χ0n) is 11.2. The quantitative estimate of drug-likeness (QED) is 0.859. The monoisotopic (exact) mass is 264 g/mol. The molecule has 2 aliphatic rings. The molecule has 2 aromatic carbocycles. The largest absolute Gasteiger partial charge is 0.384 e. The van der Waals surface area contributed by atoms with E-state index in [1.807, 2.05) is 35.2 Å². The Morgan fingerprint density at radius 3 is 2.90 bits per heavy atom. The summed E-state index contributed by atoms with van der Waals surface area (Å²) >= 11 is 0. The van der Waals surface area contributed by atoms with Crippen LogP contribution in [0.15, 0.2) is 42.5 Å². The van der Waals surface area contributed by atoms with Crippen LogP contribution >= 0.6 is 0 Å². The zero-order chi connectivity index (χ0) is 13.5. The highest BCUT2D eigenvalue weighted by molar-refractivity contribution is 6.07. The Kier molecular flexibility index (Phi) is 2.52. The molecule has 0 radical (unpaired) electrons. The third-order valence-corrected chi connectivity index (χ3v) is 4.20. The average Bonchev–Trinajstić information content (AvgIpc) is 3.12. The lowest BCUT2D eigenvalue weighted by Crippen LogP contribution is -2.28. The van der Waals surface area contributed by atoms with E-state index in [4.69, 9.17) is 0 Å². The van der Waals surface area contributed by atoms with Gasteiger partial charge in [-0.05, 0) is 42.2 Å². The number of nitrogens with one attached hydrogen (secondary N) is 1. The fourth-order valence-corrected chi connectivity index (χ4v) is 3.13. The third kappa shape index (κ3) is 1.70. The van der Waals surface area contributed by atoms with E-state index >= 15 is 0 Å². The maximum absolute atomic E-state index is 12.7. The van der Waals surface area contributed by atoms with Crippen LogP contribution in [0.25, 0.3) is 0 Å². The summed E-state index contributed by atoms with van der Waals surface area (Å²) in [6.07, 6.45) is 2.00. The number of benzene rings is 2. The van der Waals surface area contributed by atoms with Crippen LogP contribution in [0.3, 0.4) is 0 Å². The van der Waals surface area contributed by atoms with Crippen molar-refractivity contribution in [2.75, 3.05) is 23.3 Å². The van der Waals surface area contributed by atoms with Gasteiger partial charge < -0.3 is 10.2 Å². The minimum absolute atomic E-state index is 0.103. The predicted molar refractivity (Wildman–Crippen MR) is 80.5 cm³/mol. The average molecular weight is 264 g/mol. The molecule has 4 rings (SSSR count). The van der Waals surface area contributed by atoms with E-state index in [2.05, 4.69) is 17.4 Å². The van der Waals surface area contributed by atoms with Crippen LogP contribution in [0.2, 0.25) is 0 Å². The highest BCUT2D eigenvalue weighted by atomic mass is 16.2. The topological polar surface area (TPSA) is 32.3 Å². The molecule has 2 aromatic rings. The summed E-state index contributed by atoms with van der Waals surface area (Å²) in [4.78, 5) is 14.6. The van der Waals surface area contributed by atoms with Gasteiger partial charge in [-0.3, -0.25) is 4.79 Å². The Hall–Kier alpha value is -2.29. The van der Waals surface area contributed by atoms with E-state index in [1.165, 1.54) is 11.1 Å². The summed E-state index contributed by atoms with van der Waals surface area (Å²) in [6.45, 7) is 1.75. The van der Waals surface area contributed by atoms with Crippen molar-refractivity contribution in [3.8, 4) is 0 Å². The van der Waals surface area contributed by atoms with Gasteiger partial charge in [-0.1, -0.05) is 24.3 Å². The van der Waals surface area contributed by atoms with Gasteiger partial charge >= 0.3 is 0 Å². The van der Waals surface area contributed by atoms with Crippen LogP contribution in [-0.4, -0.2) is 19.0 Å². The number of anilines is 2. The summed E-state index contributed by atoms with van der Waals surface area (Å²) in [5.41, 5.74) is 5.52. The fraction of sp³-hybridized carbons (Fsp3) is 0.235. The van der Waals surface area contributed by atoms with E-state index in [9.17, 15) is 4.79 Å². The lowest BCUT2D eigenvalue weighted by Gasteiger charge is -2.17. The van der Waals surface area contributed by atoms with Gasteiger partial charge in [-0.25, -0.2) is 0 Å². The number of hydrogen-bond donors (Lipinski definition) is 1. The van der Waals surface area contributed by atoms with Crippen LogP contribution in [0, 0.1) is 0 Å². The number of hydrogen-bond acceptors (Lipinski definition) is 2. The minimum Gasteiger partial charge on any atom is -0.384 e. The number of amides is 1. The molecule has 20 heavy (non-hydrogen) atoms. The Morgan fingerprint density at radius 2 is 1.95 bits per heavy atom. The highest BCUT2D eigenvalue weighted by Gasteiger charge is 2.25.